The van der Waals surface area contributed by atoms with Gasteiger partial charge in [-0.2, -0.15) is 12.7 Å². The van der Waals surface area contributed by atoms with Crippen LogP contribution < -0.4 is 4.72 Å². The third-order valence-electron chi connectivity index (χ3n) is 4.21. The quantitative estimate of drug-likeness (QED) is 0.891. The molecule has 1 N–H and O–H groups in total. The maximum absolute atomic E-state index is 12.3. The summed E-state index contributed by atoms with van der Waals surface area (Å²) in [4.78, 5) is 0. The van der Waals surface area contributed by atoms with E-state index in [0.29, 0.717) is 37.9 Å². The van der Waals surface area contributed by atoms with Crippen molar-refractivity contribution in [2.24, 2.45) is 0 Å². The Bertz CT molecular complexity index is 593. The topological polar surface area (TPSA) is 58.6 Å². The molecule has 1 heterocycles. The van der Waals surface area contributed by atoms with E-state index in [1.807, 2.05) is 24.3 Å². The van der Waals surface area contributed by atoms with Gasteiger partial charge in [0.2, 0.25) is 0 Å². The van der Waals surface area contributed by atoms with Gasteiger partial charge in [0.1, 0.15) is 0 Å². The van der Waals surface area contributed by atoms with Crippen LogP contribution in [0.15, 0.2) is 24.3 Å². The third-order valence-corrected chi connectivity index (χ3v) is 6.02. The van der Waals surface area contributed by atoms with E-state index in [-0.39, 0.29) is 5.41 Å². The Morgan fingerprint density at radius 1 is 1.19 bits per heavy atom. The van der Waals surface area contributed by atoms with Crippen molar-refractivity contribution in [1.29, 1.82) is 0 Å². The number of ether oxygens (including phenoxy) is 1. The summed E-state index contributed by atoms with van der Waals surface area (Å²) < 4.78 is 34.0. The number of nitrogens with zero attached hydrogens (tertiary/aromatic N) is 1. The number of hydrogen-bond donors (Lipinski definition) is 1. The van der Waals surface area contributed by atoms with E-state index in [1.54, 1.807) is 0 Å². The van der Waals surface area contributed by atoms with Gasteiger partial charge in [0.15, 0.2) is 0 Å². The van der Waals surface area contributed by atoms with Gasteiger partial charge in [0, 0.05) is 30.1 Å². The monoisotopic (exact) mass is 330 g/mol. The molecular weight excluding hydrogens is 312 g/mol. The minimum atomic E-state index is -3.42. The first-order chi connectivity index (χ1) is 10.0. The van der Waals surface area contributed by atoms with Gasteiger partial charge in [0.05, 0.1) is 13.2 Å². The van der Waals surface area contributed by atoms with Crippen molar-refractivity contribution in [3.05, 3.63) is 34.9 Å². The van der Waals surface area contributed by atoms with E-state index in [0.717, 1.165) is 18.4 Å². The molecule has 1 saturated carbocycles. The zero-order chi connectivity index (χ0) is 14.9. The standard InChI is InChI=1S/C14H19ClN2O3S/c15-13-3-1-12(2-4-13)14(5-6-14)11-16-21(18,19)17-7-9-20-10-8-17/h1-4,16H,5-11H2. The molecule has 0 atom stereocenters. The van der Waals surface area contributed by atoms with E-state index >= 15 is 0 Å². The van der Waals surface area contributed by atoms with Crippen molar-refractivity contribution in [3.63, 3.8) is 0 Å². The van der Waals surface area contributed by atoms with Crippen LogP contribution in [0.3, 0.4) is 0 Å². The molecule has 7 heteroatoms. The van der Waals surface area contributed by atoms with E-state index < -0.39 is 10.2 Å². The molecule has 116 valence electrons. The SMILES string of the molecule is O=S(=O)(NCC1(c2ccc(Cl)cc2)CC1)N1CCOCC1. The van der Waals surface area contributed by atoms with Gasteiger partial charge in [-0.1, -0.05) is 23.7 Å². The zero-order valence-electron chi connectivity index (χ0n) is 11.7. The van der Waals surface area contributed by atoms with Crippen molar-refractivity contribution < 1.29 is 13.2 Å². The van der Waals surface area contributed by atoms with E-state index in [1.165, 1.54) is 4.31 Å². The van der Waals surface area contributed by atoms with Gasteiger partial charge in [-0.25, -0.2) is 4.72 Å². The molecule has 0 radical (unpaired) electrons. The zero-order valence-corrected chi connectivity index (χ0v) is 13.3. The Balaban J connectivity index is 1.65. The number of rotatable bonds is 5. The highest BCUT2D eigenvalue weighted by atomic mass is 35.5. The summed E-state index contributed by atoms with van der Waals surface area (Å²) in [5, 5.41) is 0.698. The molecule has 3 rings (SSSR count). The number of morpholine rings is 1. The van der Waals surface area contributed by atoms with Gasteiger partial charge in [-0.05, 0) is 30.5 Å². The number of hydrogen-bond acceptors (Lipinski definition) is 3. The molecule has 0 bridgehead atoms. The number of benzene rings is 1. The Labute approximate surface area is 130 Å². The summed E-state index contributed by atoms with van der Waals surface area (Å²) in [6.07, 6.45) is 2.00. The van der Waals surface area contributed by atoms with E-state index in [9.17, 15) is 8.42 Å². The van der Waals surface area contributed by atoms with Gasteiger partial charge in [0.25, 0.3) is 10.2 Å². The molecule has 0 spiro atoms. The molecule has 2 fully saturated rings. The van der Waals surface area contributed by atoms with Gasteiger partial charge in [-0.15, -0.1) is 0 Å². The summed E-state index contributed by atoms with van der Waals surface area (Å²) in [5.74, 6) is 0. The molecular formula is C14H19ClN2O3S. The Hall–Kier alpha value is -0.660. The molecule has 1 aliphatic carbocycles. The molecule has 21 heavy (non-hydrogen) atoms. The van der Waals surface area contributed by atoms with Crippen LogP contribution in [0.1, 0.15) is 18.4 Å². The normalized spacial score (nSPS) is 22.1. The molecule has 5 nitrogen and oxygen atoms in total. The minimum absolute atomic E-state index is 0.0655. The van der Waals surface area contributed by atoms with Crippen LogP contribution in [-0.4, -0.2) is 45.6 Å². The molecule has 1 aliphatic heterocycles. The van der Waals surface area contributed by atoms with Crippen LogP contribution in [0.5, 0.6) is 0 Å². The highest BCUT2D eigenvalue weighted by molar-refractivity contribution is 7.87. The van der Waals surface area contributed by atoms with Crippen molar-refractivity contribution in [1.82, 2.24) is 9.03 Å². The van der Waals surface area contributed by atoms with Gasteiger partial charge in [-0.3, -0.25) is 0 Å². The summed E-state index contributed by atoms with van der Waals surface area (Å²) >= 11 is 5.90. The van der Waals surface area contributed by atoms with Crippen molar-refractivity contribution >= 4 is 21.8 Å². The van der Waals surface area contributed by atoms with Crippen molar-refractivity contribution in [2.75, 3.05) is 32.8 Å². The second-order valence-electron chi connectivity index (χ2n) is 5.62. The summed E-state index contributed by atoms with van der Waals surface area (Å²) in [6, 6.07) is 7.68. The first-order valence-electron chi connectivity index (χ1n) is 7.10. The summed E-state index contributed by atoms with van der Waals surface area (Å²) in [6.45, 7) is 2.20. The lowest BCUT2D eigenvalue weighted by molar-refractivity contribution is 0.0724. The molecule has 0 aromatic heterocycles. The number of halogens is 1. The smallest absolute Gasteiger partial charge is 0.279 e. The Morgan fingerprint density at radius 2 is 1.81 bits per heavy atom. The highest BCUT2D eigenvalue weighted by Gasteiger charge is 2.45. The molecule has 1 saturated heterocycles. The Morgan fingerprint density at radius 3 is 2.38 bits per heavy atom. The summed E-state index contributed by atoms with van der Waals surface area (Å²) in [5.41, 5.74) is 1.08. The second-order valence-corrected chi connectivity index (χ2v) is 7.82. The first kappa shape index (κ1) is 15.2. The fourth-order valence-corrected chi connectivity index (χ4v) is 4.03. The van der Waals surface area contributed by atoms with E-state index in [4.69, 9.17) is 16.3 Å². The molecule has 2 aliphatic rings. The summed E-state index contributed by atoms with van der Waals surface area (Å²) in [7, 11) is -3.42. The molecule has 0 unspecified atom stereocenters. The maximum Gasteiger partial charge on any atom is 0.279 e. The highest BCUT2D eigenvalue weighted by Crippen LogP contribution is 2.47. The van der Waals surface area contributed by atoms with Crippen LogP contribution >= 0.6 is 11.6 Å². The fourth-order valence-electron chi connectivity index (χ4n) is 2.63. The average molecular weight is 331 g/mol. The van der Waals surface area contributed by atoms with Gasteiger partial charge < -0.3 is 4.74 Å². The largest absolute Gasteiger partial charge is 0.379 e. The Kier molecular flexibility index (Phi) is 4.25. The lowest BCUT2D eigenvalue weighted by Gasteiger charge is -2.27. The molecule has 1 aromatic carbocycles. The fraction of sp³-hybridized carbons (Fsp3) is 0.571. The molecule has 0 amide bonds. The van der Waals surface area contributed by atoms with Crippen LogP contribution in [-0.2, 0) is 20.4 Å². The van der Waals surface area contributed by atoms with Crippen molar-refractivity contribution in [3.8, 4) is 0 Å². The molecule has 1 aromatic rings. The van der Waals surface area contributed by atoms with Crippen LogP contribution in [0.25, 0.3) is 0 Å². The predicted octanol–water partition coefficient (Wildman–Crippen LogP) is 1.54. The minimum Gasteiger partial charge on any atom is -0.379 e. The van der Waals surface area contributed by atoms with Crippen molar-refractivity contribution in [2.45, 2.75) is 18.3 Å². The first-order valence-corrected chi connectivity index (χ1v) is 8.92. The lowest BCUT2D eigenvalue weighted by atomic mass is 9.96. The lowest BCUT2D eigenvalue weighted by Crippen LogP contribution is -2.48. The average Bonchev–Trinajstić information content (AvgIpc) is 3.28. The van der Waals surface area contributed by atoms with Gasteiger partial charge >= 0.3 is 0 Å². The number of nitrogens with one attached hydrogen (secondary N) is 1. The predicted molar refractivity (Wildman–Crippen MR) is 81.7 cm³/mol. The second kappa shape index (κ2) is 5.85. The van der Waals surface area contributed by atoms with Crippen LogP contribution in [0, 0.1) is 0 Å². The third kappa shape index (κ3) is 3.40. The maximum atomic E-state index is 12.3. The van der Waals surface area contributed by atoms with Crippen LogP contribution in [0.4, 0.5) is 0 Å². The van der Waals surface area contributed by atoms with E-state index in [2.05, 4.69) is 4.72 Å². The van der Waals surface area contributed by atoms with Crippen LogP contribution in [0.2, 0.25) is 5.02 Å².